The first-order valence-electron chi connectivity index (χ1n) is 5.08. The molecule has 0 radical (unpaired) electrons. The summed E-state index contributed by atoms with van der Waals surface area (Å²) in [6.07, 6.45) is 4.58. The quantitative estimate of drug-likeness (QED) is 0.805. The fourth-order valence-corrected chi connectivity index (χ4v) is 2.43. The lowest BCUT2D eigenvalue weighted by Gasteiger charge is -2.07. The molecule has 0 aliphatic carbocycles. The van der Waals surface area contributed by atoms with Gasteiger partial charge in [-0.3, -0.25) is 4.68 Å². The van der Waals surface area contributed by atoms with E-state index >= 15 is 0 Å². The molecule has 16 heavy (non-hydrogen) atoms. The molecule has 5 nitrogen and oxygen atoms in total. The molecule has 92 valence electrons. The topological polar surface area (TPSA) is 64.0 Å². The maximum atomic E-state index is 11.7. The molecule has 1 N–H and O–H groups in total. The van der Waals surface area contributed by atoms with Gasteiger partial charge in [-0.05, 0) is 12.8 Å². The van der Waals surface area contributed by atoms with Crippen molar-refractivity contribution >= 4 is 26.0 Å². The Hall–Kier alpha value is -0.400. The van der Waals surface area contributed by atoms with Crippen molar-refractivity contribution in [2.75, 3.05) is 6.54 Å². The first-order chi connectivity index (χ1) is 7.45. The molecule has 0 spiro atoms. The van der Waals surface area contributed by atoms with Gasteiger partial charge in [0, 0.05) is 24.6 Å². The molecule has 0 aliphatic heterocycles. The summed E-state index contributed by atoms with van der Waals surface area (Å²) in [7, 11) is -1.71. The molecule has 1 aromatic heterocycles. The van der Waals surface area contributed by atoms with Gasteiger partial charge in [0.15, 0.2) is 0 Å². The standard InChI is InChI=1S/C9H16BrN3O2S/c1-3-8(10)4-5-12-16(14,15)9-6-11-13(2)7-9/h6-8,12H,3-5H2,1-2H3. The molecular formula is C9H16BrN3O2S. The van der Waals surface area contributed by atoms with Gasteiger partial charge in [0.2, 0.25) is 10.0 Å². The molecule has 1 rings (SSSR count). The van der Waals surface area contributed by atoms with E-state index in [0.717, 1.165) is 12.8 Å². The predicted octanol–water partition coefficient (Wildman–Crippen LogP) is 1.26. The largest absolute Gasteiger partial charge is 0.274 e. The minimum absolute atomic E-state index is 0.206. The van der Waals surface area contributed by atoms with Crippen LogP contribution in [0.5, 0.6) is 0 Å². The smallest absolute Gasteiger partial charge is 0.243 e. The summed E-state index contributed by atoms with van der Waals surface area (Å²) in [5.74, 6) is 0. The van der Waals surface area contributed by atoms with Crippen molar-refractivity contribution in [3.63, 3.8) is 0 Å². The molecule has 0 aliphatic rings. The first kappa shape index (κ1) is 13.7. The number of nitrogens with zero attached hydrogens (tertiary/aromatic N) is 2. The van der Waals surface area contributed by atoms with Gasteiger partial charge in [-0.2, -0.15) is 5.10 Å². The highest BCUT2D eigenvalue weighted by molar-refractivity contribution is 9.09. The number of alkyl halides is 1. The Morgan fingerprint density at radius 3 is 2.81 bits per heavy atom. The van der Waals surface area contributed by atoms with Crippen LogP contribution in [-0.2, 0) is 17.1 Å². The van der Waals surface area contributed by atoms with E-state index in [2.05, 4.69) is 32.7 Å². The Balaban J connectivity index is 2.53. The lowest BCUT2D eigenvalue weighted by atomic mass is 10.2. The molecule has 1 heterocycles. The zero-order valence-corrected chi connectivity index (χ0v) is 11.8. The third kappa shape index (κ3) is 3.88. The number of aryl methyl sites for hydroxylation is 1. The van der Waals surface area contributed by atoms with E-state index in [-0.39, 0.29) is 4.90 Å². The van der Waals surface area contributed by atoms with Crippen molar-refractivity contribution in [1.82, 2.24) is 14.5 Å². The lowest BCUT2D eigenvalue weighted by Crippen LogP contribution is -2.26. The maximum absolute atomic E-state index is 11.7. The highest BCUT2D eigenvalue weighted by Crippen LogP contribution is 2.10. The Morgan fingerprint density at radius 1 is 1.62 bits per heavy atom. The molecule has 0 amide bonds. The molecular weight excluding hydrogens is 294 g/mol. The van der Waals surface area contributed by atoms with Gasteiger partial charge in [0.25, 0.3) is 0 Å². The SMILES string of the molecule is CCC(Br)CCNS(=O)(=O)c1cnn(C)c1. The van der Waals surface area contributed by atoms with E-state index < -0.39 is 10.0 Å². The molecule has 0 bridgehead atoms. The van der Waals surface area contributed by atoms with Crippen molar-refractivity contribution < 1.29 is 8.42 Å². The van der Waals surface area contributed by atoms with Gasteiger partial charge in [-0.15, -0.1) is 0 Å². The number of rotatable bonds is 6. The fourth-order valence-electron chi connectivity index (χ4n) is 1.17. The van der Waals surface area contributed by atoms with Gasteiger partial charge in [0.05, 0.1) is 6.20 Å². The summed E-state index contributed by atoms with van der Waals surface area (Å²) >= 11 is 3.45. The monoisotopic (exact) mass is 309 g/mol. The van der Waals surface area contributed by atoms with E-state index in [1.54, 1.807) is 7.05 Å². The summed E-state index contributed by atoms with van der Waals surface area (Å²) in [6.45, 7) is 2.48. The third-order valence-electron chi connectivity index (χ3n) is 2.18. The van der Waals surface area contributed by atoms with Crippen LogP contribution < -0.4 is 4.72 Å². The fraction of sp³-hybridized carbons (Fsp3) is 0.667. The average Bonchev–Trinajstić information content (AvgIpc) is 2.65. The van der Waals surface area contributed by atoms with E-state index in [1.165, 1.54) is 17.1 Å². The van der Waals surface area contributed by atoms with Gasteiger partial charge in [0.1, 0.15) is 4.90 Å². The summed E-state index contributed by atoms with van der Waals surface area (Å²) < 4.78 is 27.5. The molecule has 7 heteroatoms. The summed E-state index contributed by atoms with van der Waals surface area (Å²) in [4.78, 5) is 0.557. The predicted molar refractivity (Wildman–Crippen MR) is 66.0 cm³/mol. The van der Waals surface area contributed by atoms with Crippen LogP contribution in [-0.4, -0.2) is 29.6 Å². The van der Waals surface area contributed by atoms with E-state index in [9.17, 15) is 8.42 Å². The van der Waals surface area contributed by atoms with Gasteiger partial charge in [-0.1, -0.05) is 22.9 Å². The Bertz CT molecular complexity index is 430. The Morgan fingerprint density at radius 2 is 2.31 bits per heavy atom. The van der Waals surface area contributed by atoms with Crippen molar-refractivity contribution in [2.45, 2.75) is 29.5 Å². The van der Waals surface area contributed by atoms with E-state index in [1.807, 2.05) is 0 Å². The van der Waals surface area contributed by atoms with Crippen LogP contribution in [0.3, 0.4) is 0 Å². The minimum Gasteiger partial charge on any atom is -0.274 e. The number of hydrogen-bond donors (Lipinski definition) is 1. The van der Waals surface area contributed by atoms with Crippen molar-refractivity contribution in [3.8, 4) is 0 Å². The number of halogens is 1. The van der Waals surface area contributed by atoms with Crippen LogP contribution >= 0.6 is 15.9 Å². The summed E-state index contributed by atoms with van der Waals surface area (Å²) in [6, 6.07) is 0. The highest BCUT2D eigenvalue weighted by Gasteiger charge is 2.15. The Kier molecular flexibility index (Phi) is 4.94. The van der Waals surface area contributed by atoms with Crippen molar-refractivity contribution in [2.24, 2.45) is 7.05 Å². The second kappa shape index (κ2) is 5.79. The third-order valence-corrected chi connectivity index (χ3v) is 4.71. The molecule has 1 aromatic rings. The van der Waals surface area contributed by atoms with Crippen LogP contribution in [0, 0.1) is 0 Å². The molecule has 0 fully saturated rings. The van der Waals surface area contributed by atoms with Gasteiger partial charge in [-0.25, -0.2) is 13.1 Å². The maximum Gasteiger partial charge on any atom is 0.243 e. The summed E-state index contributed by atoms with van der Waals surface area (Å²) in [5.41, 5.74) is 0. The van der Waals surface area contributed by atoms with E-state index in [4.69, 9.17) is 0 Å². The number of nitrogens with one attached hydrogen (secondary N) is 1. The zero-order valence-electron chi connectivity index (χ0n) is 9.35. The highest BCUT2D eigenvalue weighted by atomic mass is 79.9. The van der Waals surface area contributed by atoms with Crippen LogP contribution in [0.1, 0.15) is 19.8 Å². The van der Waals surface area contributed by atoms with Gasteiger partial charge < -0.3 is 0 Å². The van der Waals surface area contributed by atoms with Crippen LogP contribution in [0.4, 0.5) is 0 Å². The molecule has 0 saturated heterocycles. The Labute approximate surface area is 104 Å². The molecule has 1 atom stereocenters. The van der Waals surface area contributed by atoms with Gasteiger partial charge >= 0.3 is 0 Å². The van der Waals surface area contributed by atoms with Crippen LogP contribution in [0.15, 0.2) is 17.3 Å². The number of hydrogen-bond acceptors (Lipinski definition) is 3. The van der Waals surface area contributed by atoms with Crippen molar-refractivity contribution in [3.05, 3.63) is 12.4 Å². The average molecular weight is 310 g/mol. The normalized spacial score (nSPS) is 13.9. The second-order valence-electron chi connectivity index (χ2n) is 3.54. The first-order valence-corrected chi connectivity index (χ1v) is 7.48. The number of aromatic nitrogens is 2. The summed E-state index contributed by atoms with van der Waals surface area (Å²) in [5, 5.41) is 3.83. The van der Waals surface area contributed by atoms with Crippen LogP contribution in [0.25, 0.3) is 0 Å². The van der Waals surface area contributed by atoms with E-state index in [0.29, 0.717) is 11.4 Å². The lowest BCUT2D eigenvalue weighted by molar-refractivity contribution is 0.577. The van der Waals surface area contributed by atoms with Crippen molar-refractivity contribution in [1.29, 1.82) is 0 Å². The minimum atomic E-state index is -3.40. The zero-order chi connectivity index (χ0) is 12.2. The number of sulfonamides is 1. The molecule has 1 unspecified atom stereocenters. The molecule has 0 saturated carbocycles. The molecule has 0 aromatic carbocycles. The van der Waals surface area contributed by atoms with Crippen LogP contribution in [0.2, 0.25) is 0 Å². The second-order valence-corrected chi connectivity index (χ2v) is 6.60.